The maximum atomic E-state index is 13.1. The predicted molar refractivity (Wildman–Crippen MR) is 97.1 cm³/mol. The van der Waals surface area contributed by atoms with Gasteiger partial charge in [0.15, 0.2) is 5.76 Å². The SMILES string of the molecule is O=C(NC1CCCC1)c1ccccc1-c1ncc(-c2ccc(F)cc2)o1. The van der Waals surface area contributed by atoms with E-state index in [1.807, 2.05) is 18.2 Å². The topological polar surface area (TPSA) is 55.1 Å². The number of benzene rings is 2. The molecule has 1 N–H and O–H groups in total. The Bertz CT molecular complexity index is 912. The van der Waals surface area contributed by atoms with Gasteiger partial charge in [0, 0.05) is 17.2 Å². The van der Waals surface area contributed by atoms with Crippen molar-refractivity contribution in [2.45, 2.75) is 31.7 Å². The fourth-order valence-corrected chi connectivity index (χ4v) is 3.35. The highest BCUT2D eigenvalue weighted by atomic mass is 19.1. The van der Waals surface area contributed by atoms with E-state index >= 15 is 0 Å². The van der Waals surface area contributed by atoms with E-state index in [1.54, 1.807) is 24.4 Å². The number of halogens is 1. The molecule has 3 aromatic rings. The molecule has 4 rings (SSSR count). The molecule has 0 spiro atoms. The molecular formula is C21H19FN2O2. The maximum Gasteiger partial charge on any atom is 0.252 e. The standard InChI is InChI=1S/C21H19FN2O2/c22-15-11-9-14(10-12-15)19-13-23-21(26-19)18-8-4-3-7-17(18)20(25)24-16-5-1-2-6-16/h3-4,7-13,16H,1-2,5-6H2,(H,24,25). The van der Waals surface area contributed by atoms with Gasteiger partial charge in [0.25, 0.3) is 5.91 Å². The molecular weight excluding hydrogens is 331 g/mol. The molecule has 132 valence electrons. The van der Waals surface area contributed by atoms with Gasteiger partial charge in [0.05, 0.1) is 11.8 Å². The van der Waals surface area contributed by atoms with Gasteiger partial charge in [0.1, 0.15) is 5.82 Å². The second-order valence-electron chi connectivity index (χ2n) is 6.54. The quantitative estimate of drug-likeness (QED) is 0.734. The molecule has 0 aliphatic heterocycles. The van der Waals surface area contributed by atoms with Gasteiger partial charge in [-0.2, -0.15) is 0 Å². The number of oxazole rings is 1. The summed E-state index contributed by atoms with van der Waals surface area (Å²) in [6.45, 7) is 0. The molecule has 4 nitrogen and oxygen atoms in total. The van der Waals surface area contributed by atoms with Crippen molar-refractivity contribution in [2.75, 3.05) is 0 Å². The van der Waals surface area contributed by atoms with Crippen molar-refractivity contribution in [3.05, 3.63) is 66.1 Å². The van der Waals surface area contributed by atoms with Gasteiger partial charge in [-0.05, 0) is 49.2 Å². The van der Waals surface area contributed by atoms with Crippen LogP contribution in [0.4, 0.5) is 4.39 Å². The van der Waals surface area contributed by atoms with Gasteiger partial charge >= 0.3 is 0 Å². The van der Waals surface area contributed by atoms with Gasteiger partial charge in [-0.1, -0.05) is 25.0 Å². The summed E-state index contributed by atoms with van der Waals surface area (Å²) < 4.78 is 18.9. The second-order valence-corrected chi connectivity index (χ2v) is 6.54. The Morgan fingerprint density at radius 3 is 2.58 bits per heavy atom. The van der Waals surface area contributed by atoms with Crippen LogP contribution in [0, 0.1) is 5.82 Å². The highest BCUT2D eigenvalue weighted by Gasteiger charge is 2.21. The third kappa shape index (κ3) is 3.38. The lowest BCUT2D eigenvalue weighted by Crippen LogP contribution is -2.32. The lowest BCUT2D eigenvalue weighted by atomic mass is 10.1. The number of nitrogens with zero attached hydrogens (tertiary/aromatic N) is 1. The van der Waals surface area contributed by atoms with Crippen molar-refractivity contribution in [3.8, 4) is 22.8 Å². The van der Waals surface area contributed by atoms with Crippen molar-refractivity contribution in [3.63, 3.8) is 0 Å². The number of hydrogen-bond acceptors (Lipinski definition) is 3. The lowest BCUT2D eigenvalue weighted by molar-refractivity contribution is 0.0938. The molecule has 1 aliphatic rings. The summed E-state index contributed by atoms with van der Waals surface area (Å²) in [6, 6.07) is 13.6. The van der Waals surface area contributed by atoms with E-state index in [4.69, 9.17) is 4.42 Å². The smallest absolute Gasteiger partial charge is 0.252 e. The minimum Gasteiger partial charge on any atom is -0.436 e. The van der Waals surface area contributed by atoms with Crippen molar-refractivity contribution in [1.82, 2.24) is 10.3 Å². The van der Waals surface area contributed by atoms with Crippen LogP contribution in [-0.2, 0) is 0 Å². The van der Waals surface area contributed by atoms with Gasteiger partial charge in [-0.3, -0.25) is 4.79 Å². The van der Waals surface area contributed by atoms with Gasteiger partial charge in [-0.15, -0.1) is 0 Å². The maximum absolute atomic E-state index is 13.1. The summed E-state index contributed by atoms with van der Waals surface area (Å²) in [5.41, 5.74) is 1.93. The van der Waals surface area contributed by atoms with E-state index in [2.05, 4.69) is 10.3 Å². The van der Waals surface area contributed by atoms with Crippen molar-refractivity contribution in [1.29, 1.82) is 0 Å². The molecule has 1 saturated carbocycles. The molecule has 0 radical (unpaired) electrons. The second kappa shape index (κ2) is 7.12. The monoisotopic (exact) mass is 350 g/mol. The van der Waals surface area contributed by atoms with Gasteiger partial charge in [0.2, 0.25) is 5.89 Å². The van der Waals surface area contributed by atoms with Crippen LogP contribution in [0.3, 0.4) is 0 Å². The van der Waals surface area contributed by atoms with Crippen LogP contribution in [-0.4, -0.2) is 16.9 Å². The van der Waals surface area contributed by atoms with E-state index in [1.165, 1.54) is 12.1 Å². The summed E-state index contributed by atoms with van der Waals surface area (Å²) in [6.07, 6.45) is 5.97. The average Bonchev–Trinajstić information content (AvgIpc) is 3.34. The van der Waals surface area contributed by atoms with Crippen LogP contribution in [0.25, 0.3) is 22.8 Å². The largest absolute Gasteiger partial charge is 0.436 e. The molecule has 0 bridgehead atoms. The minimum atomic E-state index is -0.303. The van der Waals surface area contributed by atoms with Crippen molar-refractivity contribution in [2.24, 2.45) is 0 Å². The zero-order valence-corrected chi connectivity index (χ0v) is 14.2. The third-order valence-corrected chi connectivity index (χ3v) is 4.73. The molecule has 0 saturated heterocycles. The van der Waals surface area contributed by atoms with Crippen molar-refractivity contribution >= 4 is 5.91 Å². The molecule has 26 heavy (non-hydrogen) atoms. The molecule has 1 heterocycles. The van der Waals surface area contributed by atoms with Crippen LogP contribution >= 0.6 is 0 Å². The Morgan fingerprint density at radius 2 is 1.81 bits per heavy atom. The molecule has 0 unspecified atom stereocenters. The molecule has 1 aliphatic carbocycles. The van der Waals surface area contributed by atoms with Gasteiger partial charge in [-0.25, -0.2) is 9.37 Å². The summed E-state index contributed by atoms with van der Waals surface area (Å²) in [5, 5.41) is 3.10. The van der Waals surface area contributed by atoms with Crippen LogP contribution in [0.5, 0.6) is 0 Å². The average molecular weight is 350 g/mol. The van der Waals surface area contributed by atoms with E-state index in [-0.39, 0.29) is 17.8 Å². The Labute approximate surface area is 151 Å². The number of carbonyl (C=O) groups is 1. The first-order valence-corrected chi connectivity index (χ1v) is 8.83. The summed E-state index contributed by atoms with van der Waals surface area (Å²) >= 11 is 0. The first-order valence-electron chi connectivity index (χ1n) is 8.83. The first-order chi connectivity index (χ1) is 12.7. The lowest BCUT2D eigenvalue weighted by Gasteiger charge is -2.13. The highest BCUT2D eigenvalue weighted by molar-refractivity contribution is 6.00. The highest BCUT2D eigenvalue weighted by Crippen LogP contribution is 2.28. The number of nitrogens with one attached hydrogen (secondary N) is 1. The summed E-state index contributed by atoms with van der Waals surface area (Å²) in [4.78, 5) is 17.0. The molecule has 1 amide bonds. The Morgan fingerprint density at radius 1 is 1.08 bits per heavy atom. The number of rotatable bonds is 4. The Kier molecular flexibility index (Phi) is 4.52. The number of aromatic nitrogens is 1. The van der Waals surface area contributed by atoms with E-state index in [0.717, 1.165) is 31.2 Å². The molecule has 1 fully saturated rings. The molecule has 5 heteroatoms. The zero-order chi connectivity index (χ0) is 17.9. The molecule has 2 aromatic carbocycles. The van der Waals surface area contributed by atoms with Crippen LogP contribution < -0.4 is 5.32 Å². The van der Waals surface area contributed by atoms with Crippen LogP contribution in [0.2, 0.25) is 0 Å². The molecule has 1 aromatic heterocycles. The van der Waals surface area contributed by atoms with Crippen LogP contribution in [0.15, 0.2) is 59.1 Å². The normalized spacial score (nSPS) is 14.5. The van der Waals surface area contributed by atoms with Gasteiger partial charge < -0.3 is 9.73 Å². The summed E-state index contributed by atoms with van der Waals surface area (Å²) in [5.74, 6) is 0.504. The molecule has 0 atom stereocenters. The van der Waals surface area contributed by atoms with Crippen molar-refractivity contribution < 1.29 is 13.6 Å². The third-order valence-electron chi connectivity index (χ3n) is 4.73. The fourth-order valence-electron chi connectivity index (χ4n) is 3.35. The van der Waals surface area contributed by atoms with E-state index < -0.39 is 0 Å². The number of hydrogen-bond donors (Lipinski definition) is 1. The van der Waals surface area contributed by atoms with E-state index in [9.17, 15) is 9.18 Å². The predicted octanol–water partition coefficient (Wildman–Crippen LogP) is 4.82. The minimum absolute atomic E-state index is 0.103. The number of carbonyl (C=O) groups excluding carboxylic acids is 1. The number of amides is 1. The first kappa shape index (κ1) is 16.5. The van der Waals surface area contributed by atoms with E-state index in [0.29, 0.717) is 22.8 Å². The zero-order valence-electron chi connectivity index (χ0n) is 14.2. The fraction of sp³-hybridized carbons (Fsp3) is 0.238. The summed E-state index contributed by atoms with van der Waals surface area (Å²) in [7, 11) is 0. The Hall–Kier alpha value is -2.95. The van der Waals surface area contributed by atoms with Crippen LogP contribution in [0.1, 0.15) is 36.0 Å². The Balaban J connectivity index is 1.62.